The van der Waals surface area contributed by atoms with Gasteiger partial charge in [0, 0.05) is 26.3 Å². The number of rotatable bonds is 5. The van der Waals surface area contributed by atoms with Crippen LogP contribution in [0.25, 0.3) is 0 Å². The van der Waals surface area contributed by atoms with Gasteiger partial charge in [-0.25, -0.2) is 4.98 Å². The van der Waals surface area contributed by atoms with Crippen LogP contribution in [0.5, 0.6) is 0 Å². The predicted octanol–water partition coefficient (Wildman–Crippen LogP) is 3.06. The van der Waals surface area contributed by atoms with Crippen LogP contribution in [0.15, 0.2) is 42.6 Å². The van der Waals surface area contributed by atoms with Crippen molar-refractivity contribution in [1.29, 1.82) is 0 Å². The second kappa shape index (κ2) is 6.34. The Labute approximate surface area is 115 Å². The van der Waals surface area contributed by atoms with E-state index in [4.69, 9.17) is 0 Å². The van der Waals surface area contributed by atoms with Gasteiger partial charge in [0.05, 0.1) is 0 Å². The number of nitrogens with zero attached hydrogens (tertiary/aromatic N) is 2. The van der Waals surface area contributed by atoms with Crippen LogP contribution < -0.4 is 5.32 Å². The Hall–Kier alpha value is -1.87. The van der Waals surface area contributed by atoms with Crippen LogP contribution in [0.4, 0.5) is 5.82 Å². The summed E-state index contributed by atoms with van der Waals surface area (Å²) in [5.41, 5.74) is 3.92. The molecule has 0 aliphatic heterocycles. The highest BCUT2D eigenvalue weighted by Crippen LogP contribution is 2.11. The van der Waals surface area contributed by atoms with Crippen molar-refractivity contribution in [2.75, 3.05) is 19.4 Å². The van der Waals surface area contributed by atoms with Crippen LogP contribution in [0.1, 0.15) is 16.7 Å². The van der Waals surface area contributed by atoms with Gasteiger partial charge < -0.3 is 5.32 Å². The molecule has 19 heavy (non-hydrogen) atoms. The Bertz CT molecular complexity index is 520. The first-order valence-electron chi connectivity index (χ1n) is 6.54. The molecule has 1 aromatic heterocycles. The van der Waals surface area contributed by atoms with E-state index in [1.165, 1.54) is 16.7 Å². The van der Waals surface area contributed by atoms with Crippen molar-refractivity contribution < 1.29 is 0 Å². The average molecular weight is 255 g/mol. The summed E-state index contributed by atoms with van der Waals surface area (Å²) in [6, 6.07) is 12.9. The maximum absolute atomic E-state index is 4.23. The summed E-state index contributed by atoms with van der Waals surface area (Å²) < 4.78 is 0. The van der Waals surface area contributed by atoms with Crippen molar-refractivity contribution in [2.45, 2.75) is 20.0 Å². The maximum atomic E-state index is 4.23. The summed E-state index contributed by atoms with van der Waals surface area (Å²) in [7, 11) is 4.03. The Morgan fingerprint density at radius 3 is 2.42 bits per heavy atom. The number of nitrogens with one attached hydrogen (secondary N) is 1. The summed E-state index contributed by atoms with van der Waals surface area (Å²) in [6.07, 6.45) is 1.85. The Kier molecular flexibility index (Phi) is 4.53. The highest BCUT2D eigenvalue weighted by atomic mass is 15.1. The fourth-order valence-electron chi connectivity index (χ4n) is 2.08. The second-order valence-corrected chi connectivity index (χ2v) is 4.96. The molecule has 0 bridgehead atoms. The molecule has 0 aliphatic carbocycles. The molecule has 2 rings (SSSR count). The van der Waals surface area contributed by atoms with Crippen LogP contribution in [0.3, 0.4) is 0 Å². The van der Waals surface area contributed by atoms with Gasteiger partial charge in [-0.1, -0.05) is 29.8 Å². The minimum atomic E-state index is 0.918. The molecule has 2 aromatic rings. The number of aryl methyl sites for hydroxylation is 1. The van der Waals surface area contributed by atoms with E-state index in [9.17, 15) is 0 Å². The van der Waals surface area contributed by atoms with Gasteiger partial charge in [-0.15, -0.1) is 0 Å². The third-order valence-corrected chi connectivity index (χ3v) is 3.11. The first kappa shape index (κ1) is 13.6. The van der Waals surface area contributed by atoms with E-state index in [1.54, 1.807) is 0 Å². The monoisotopic (exact) mass is 255 g/mol. The lowest BCUT2D eigenvalue weighted by atomic mass is 10.1. The number of benzene rings is 1. The summed E-state index contributed by atoms with van der Waals surface area (Å²) in [5, 5.41) is 3.07. The zero-order valence-electron chi connectivity index (χ0n) is 11.9. The fraction of sp³-hybridized carbons (Fsp3) is 0.312. The molecule has 3 heteroatoms. The minimum absolute atomic E-state index is 0.918. The Balaban J connectivity index is 1.96. The van der Waals surface area contributed by atoms with E-state index in [0.29, 0.717) is 0 Å². The molecule has 0 spiro atoms. The molecule has 0 amide bonds. The van der Waals surface area contributed by atoms with Gasteiger partial charge >= 0.3 is 0 Å². The zero-order valence-corrected chi connectivity index (χ0v) is 11.9. The molecule has 0 atom stereocenters. The molecule has 100 valence electrons. The summed E-state index contributed by atoms with van der Waals surface area (Å²) >= 11 is 0. The van der Waals surface area contributed by atoms with Crippen molar-refractivity contribution >= 4 is 5.82 Å². The molecular formula is C16H21N3. The summed E-state index contributed by atoms with van der Waals surface area (Å²) in [4.78, 5) is 6.53. The van der Waals surface area contributed by atoms with Gasteiger partial charge in [-0.3, -0.25) is 4.90 Å². The lowest BCUT2D eigenvalue weighted by Gasteiger charge is -2.17. The quantitative estimate of drug-likeness (QED) is 0.890. The van der Waals surface area contributed by atoms with Gasteiger partial charge in [0.25, 0.3) is 0 Å². The number of pyridine rings is 1. The number of hydrogen-bond acceptors (Lipinski definition) is 3. The molecule has 0 aliphatic rings. The van der Waals surface area contributed by atoms with E-state index in [2.05, 4.69) is 65.6 Å². The van der Waals surface area contributed by atoms with E-state index in [-0.39, 0.29) is 0 Å². The van der Waals surface area contributed by atoms with Crippen LogP contribution >= 0.6 is 0 Å². The van der Waals surface area contributed by atoms with Gasteiger partial charge in [-0.2, -0.15) is 0 Å². The van der Waals surface area contributed by atoms with Crippen LogP contribution in [0, 0.1) is 6.92 Å². The second-order valence-electron chi connectivity index (χ2n) is 4.96. The molecule has 0 unspecified atom stereocenters. The fourth-order valence-corrected chi connectivity index (χ4v) is 2.08. The topological polar surface area (TPSA) is 28.2 Å². The normalized spacial score (nSPS) is 10.7. The van der Waals surface area contributed by atoms with Gasteiger partial charge in [0.2, 0.25) is 0 Å². The largest absolute Gasteiger partial charge is 0.373 e. The lowest BCUT2D eigenvalue weighted by Crippen LogP contribution is -2.17. The molecular weight excluding hydrogens is 234 g/mol. The molecule has 1 heterocycles. The molecule has 1 N–H and O–H groups in total. The summed E-state index contributed by atoms with van der Waals surface area (Å²) in [5.74, 6) is 0.918. The average Bonchev–Trinajstić information content (AvgIpc) is 2.41. The van der Waals surface area contributed by atoms with Crippen molar-refractivity contribution in [3.05, 3.63) is 59.3 Å². The van der Waals surface area contributed by atoms with E-state index in [1.807, 2.05) is 13.2 Å². The number of anilines is 1. The van der Waals surface area contributed by atoms with Crippen LogP contribution in [0.2, 0.25) is 0 Å². The third-order valence-electron chi connectivity index (χ3n) is 3.11. The number of hydrogen-bond donors (Lipinski definition) is 1. The number of aromatic nitrogens is 1. The van der Waals surface area contributed by atoms with Gasteiger partial charge in [0.15, 0.2) is 0 Å². The van der Waals surface area contributed by atoms with Crippen molar-refractivity contribution in [3.63, 3.8) is 0 Å². The van der Waals surface area contributed by atoms with E-state index in [0.717, 1.165) is 18.9 Å². The minimum Gasteiger partial charge on any atom is -0.373 e. The molecule has 1 aromatic carbocycles. The van der Waals surface area contributed by atoms with Gasteiger partial charge in [0.1, 0.15) is 5.82 Å². The standard InChI is InChI=1S/C16H21N3/c1-13-4-6-14(7-5-13)11-19(3)12-15-8-9-18-16(10-15)17-2/h4-10H,11-12H2,1-3H3,(H,17,18). The third kappa shape index (κ3) is 4.07. The van der Waals surface area contributed by atoms with Crippen molar-refractivity contribution in [2.24, 2.45) is 0 Å². The zero-order chi connectivity index (χ0) is 13.7. The predicted molar refractivity (Wildman–Crippen MR) is 80.1 cm³/mol. The van der Waals surface area contributed by atoms with E-state index >= 15 is 0 Å². The maximum Gasteiger partial charge on any atom is 0.125 e. The first-order valence-corrected chi connectivity index (χ1v) is 6.54. The summed E-state index contributed by atoms with van der Waals surface area (Å²) in [6.45, 7) is 3.99. The first-order chi connectivity index (χ1) is 9.17. The Morgan fingerprint density at radius 1 is 1.05 bits per heavy atom. The Morgan fingerprint density at radius 2 is 1.74 bits per heavy atom. The smallest absolute Gasteiger partial charge is 0.125 e. The highest BCUT2D eigenvalue weighted by Gasteiger charge is 2.03. The van der Waals surface area contributed by atoms with E-state index < -0.39 is 0 Å². The molecule has 0 saturated carbocycles. The molecule has 3 nitrogen and oxygen atoms in total. The van der Waals surface area contributed by atoms with Crippen molar-refractivity contribution in [3.8, 4) is 0 Å². The molecule has 0 saturated heterocycles. The molecule has 0 fully saturated rings. The van der Waals surface area contributed by atoms with Crippen LogP contribution in [-0.4, -0.2) is 24.0 Å². The van der Waals surface area contributed by atoms with Gasteiger partial charge in [-0.05, 0) is 37.2 Å². The highest BCUT2D eigenvalue weighted by molar-refractivity contribution is 5.36. The van der Waals surface area contributed by atoms with Crippen molar-refractivity contribution in [1.82, 2.24) is 9.88 Å². The lowest BCUT2D eigenvalue weighted by molar-refractivity contribution is 0.319. The SMILES string of the molecule is CNc1cc(CN(C)Cc2ccc(C)cc2)ccn1. The van der Waals surface area contributed by atoms with Crippen LogP contribution in [-0.2, 0) is 13.1 Å². The molecule has 0 radical (unpaired) electrons.